The minimum absolute atomic E-state index is 0.0374. The number of rotatable bonds is 4. The molecular weight excluding hydrogens is 270 g/mol. The van der Waals surface area contributed by atoms with Gasteiger partial charge in [-0.2, -0.15) is 5.10 Å². The number of amides is 1. The maximum atomic E-state index is 12.4. The number of nitrogens with one attached hydrogen (secondary N) is 1. The first kappa shape index (κ1) is 14.8. The molecule has 110 valence electrons. The van der Waals surface area contributed by atoms with E-state index in [1.807, 2.05) is 6.92 Å². The Balaban J connectivity index is 2.39. The maximum absolute atomic E-state index is 12.4. The van der Waals surface area contributed by atoms with Gasteiger partial charge in [0.25, 0.3) is 5.91 Å². The number of hydrogen-bond acceptors (Lipinski definition) is 3. The van der Waals surface area contributed by atoms with E-state index < -0.39 is 11.9 Å². The van der Waals surface area contributed by atoms with Gasteiger partial charge < -0.3 is 10.4 Å². The average molecular weight is 287 g/mol. The summed E-state index contributed by atoms with van der Waals surface area (Å²) in [6.07, 6.45) is 3.23. The van der Waals surface area contributed by atoms with Crippen LogP contribution in [-0.2, 0) is 6.54 Å². The highest BCUT2D eigenvalue weighted by Crippen LogP contribution is 2.20. The molecule has 1 aromatic heterocycles. The van der Waals surface area contributed by atoms with Gasteiger partial charge in [-0.3, -0.25) is 9.48 Å². The first-order valence-corrected chi connectivity index (χ1v) is 6.61. The van der Waals surface area contributed by atoms with Crippen molar-refractivity contribution in [1.82, 2.24) is 9.78 Å². The topological polar surface area (TPSA) is 84.2 Å². The predicted octanol–water partition coefficient (Wildman–Crippen LogP) is 2.47. The Kier molecular flexibility index (Phi) is 4.07. The van der Waals surface area contributed by atoms with Crippen LogP contribution in [0.1, 0.15) is 38.8 Å². The molecule has 0 aliphatic rings. The highest BCUT2D eigenvalue weighted by atomic mass is 16.4. The summed E-state index contributed by atoms with van der Waals surface area (Å²) in [4.78, 5) is 23.8. The lowest BCUT2D eigenvalue weighted by Crippen LogP contribution is -2.19. The molecule has 21 heavy (non-hydrogen) atoms. The Bertz CT molecular complexity index is 704. The van der Waals surface area contributed by atoms with E-state index in [4.69, 9.17) is 0 Å². The molecule has 0 fully saturated rings. The molecule has 6 nitrogen and oxygen atoms in total. The monoisotopic (exact) mass is 287 g/mol. The summed E-state index contributed by atoms with van der Waals surface area (Å²) in [6, 6.07) is 3.44. The summed E-state index contributed by atoms with van der Waals surface area (Å²) in [5, 5.41) is 16.1. The lowest BCUT2D eigenvalue weighted by atomic mass is 9.96. The molecule has 0 bridgehead atoms. The highest BCUT2D eigenvalue weighted by Gasteiger charge is 2.21. The van der Waals surface area contributed by atoms with Crippen LogP contribution in [0.2, 0.25) is 0 Å². The number of aryl methyl sites for hydroxylation is 3. The molecule has 0 saturated heterocycles. The lowest BCUT2D eigenvalue weighted by Gasteiger charge is -2.11. The van der Waals surface area contributed by atoms with Crippen LogP contribution in [0.5, 0.6) is 0 Å². The van der Waals surface area contributed by atoms with Crippen molar-refractivity contribution in [3.8, 4) is 0 Å². The fraction of sp³-hybridized carbons (Fsp3) is 0.267. The number of benzene rings is 1. The zero-order valence-electron chi connectivity index (χ0n) is 12.2. The fourth-order valence-corrected chi connectivity index (χ4v) is 2.17. The third-order valence-corrected chi connectivity index (χ3v) is 3.28. The van der Waals surface area contributed by atoms with Crippen LogP contribution in [0.15, 0.2) is 24.5 Å². The second kappa shape index (κ2) is 5.78. The van der Waals surface area contributed by atoms with E-state index in [-0.39, 0.29) is 11.1 Å². The molecule has 6 heteroatoms. The summed E-state index contributed by atoms with van der Waals surface area (Å²) in [6.45, 7) is 6.02. The molecule has 2 aromatic rings. The molecule has 0 aliphatic carbocycles. The highest BCUT2D eigenvalue weighted by molar-refractivity contribution is 6.12. The van der Waals surface area contributed by atoms with Gasteiger partial charge in [0, 0.05) is 12.7 Å². The summed E-state index contributed by atoms with van der Waals surface area (Å²) in [7, 11) is 0. The third kappa shape index (κ3) is 2.94. The Labute approximate surface area is 122 Å². The molecule has 2 rings (SSSR count). The van der Waals surface area contributed by atoms with Crippen molar-refractivity contribution in [2.75, 3.05) is 5.32 Å². The number of hydrogen-bond donors (Lipinski definition) is 2. The van der Waals surface area contributed by atoms with Crippen molar-refractivity contribution < 1.29 is 14.7 Å². The largest absolute Gasteiger partial charge is 0.478 e. The van der Waals surface area contributed by atoms with E-state index in [0.29, 0.717) is 23.4 Å². The number of carbonyl (C=O) groups excluding carboxylic acids is 1. The Morgan fingerprint density at radius 3 is 2.38 bits per heavy atom. The molecule has 0 atom stereocenters. The summed E-state index contributed by atoms with van der Waals surface area (Å²) in [5.41, 5.74) is 1.95. The molecule has 0 unspecified atom stereocenters. The number of anilines is 1. The van der Waals surface area contributed by atoms with Crippen molar-refractivity contribution in [1.29, 1.82) is 0 Å². The first-order chi connectivity index (χ1) is 9.93. The average Bonchev–Trinajstić information content (AvgIpc) is 2.88. The van der Waals surface area contributed by atoms with Gasteiger partial charge >= 0.3 is 5.97 Å². The van der Waals surface area contributed by atoms with E-state index in [1.165, 1.54) is 6.20 Å². The molecule has 1 heterocycles. The van der Waals surface area contributed by atoms with Crippen LogP contribution < -0.4 is 5.32 Å². The van der Waals surface area contributed by atoms with Gasteiger partial charge in [0.05, 0.1) is 23.0 Å². The third-order valence-electron chi connectivity index (χ3n) is 3.28. The van der Waals surface area contributed by atoms with Crippen molar-refractivity contribution in [3.05, 3.63) is 46.8 Å². The summed E-state index contributed by atoms with van der Waals surface area (Å²) < 4.78 is 1.68. The fourth-order valence-electron chi connectivity index (χ4n) is 2.17. The minimum atomic E-state index is -1.11. The maximum Gasteiger partial charge on any atom is 0.336 e. The Morgan fingerprint density at radius 1 is 1.24 bits per heavy atom. The zero-order chi connectivity index (χ0) is 15.6. The van der Waals surface area contributed by atoms with Crippen LogP contribution >= 0.6 is 0 Å². The van der Waals surface area contributed by atoms with Gasteiger partial charge in [-0.15, -0.1) is 0 Å². The summed E-state index contributed by atoms with van der Waals surface area (Å²) >= 11 is 0. The standard InChI is InChI=1S/C15H17N3O3/c1-4-18-8-11(7-16-18)17-14(19)12-9(2)5-6-10(3)13(12)15(20)21/h5-8H,4H2,1-3H3,(H,17,19)(H,20,21). The van der Waals surface area contributed by atoms with Crippen LogP contribution in [0.4, 0.5) is 5.69 Å². The molecule has 0 aliphatic heterocycles. The molecule has 0 spiro atoms. The molecule has 2 N–H and O–H groups in total. The number of nitrogens with zero attached hydrogens (tertiary/aromatic N) is 2. The SMILES string of the molecule is CCn1cc(NC(=O)c2c(C)ccc(C)c2C(=O)O)cn1. The van der Waals surface area contributed by atoms with Crippen molar-refractivity contribution >= 4 is 17.6 Å². The number of carboxylic acid groups (broad SMARTS) is 1. The van der Waals surface area contributed by atoms with Crippen LogP contribution in [0, 0.1) is 13.8 Å². The lowest BCUT2D eigenvalue weighted by molar-refractivity contribution is 0.0691. The van der Waals surface area contributed by atoms with Crippen LogP contribution in [-0.4, -0.2) is 26.8 Å². The van der Waals surface area contributed by atoms with Crippen molar-refractivity contribution in [2.45, 2.75) is 27.3 Å². The smallest absolute Gasteiger partial charge is 0.336 e. The van der Waals surface area contributed by atoms with Gasteiger partial charge in [0.15, 0.2) is 0 Å². The number of aromatic nitrogens is 2. The molecule has 1 aromatic carbocycles. The second-order valence-electron chi connectivity index (χ2n) is 4.79. The Hall–Kier alpha value is -2.63. The van der Waals surface area contributed by atoms with Gasteiger partial charge in [0.1, 0.15) is 0 Å². The molecule has 0 saturated carbocycles. The summed E-state index contributed by atoms with van der Waals surface area (Å²) in [5.74, 6) is -1.55. The second-order valence-corrected chi connectivity index (χ2v) is 4.79. The van der Waals surface area contributed by atoms with E-state index in [1.54, 1.807) is 36.9 Å². The predicted molar refractivity (Wildman–Crippen MR) is 78.7 cm³/mol. The molecule has 1 amide bonds. The Morgan fingerprint density at radius 2 is 1.86 bits per heavy atom. The van der Waals surface area contributed by atoms with Gasteiger partial charge in [-0.05, 0) is 31.9 Å². The first-order valence-electron chi connectivity index (χ1n) is 6.61. The number of aromatic carboxylic acids is 1. The van der Waals surface area contributed by atoms with E-state index in [9.17, 15) is 14.7 Å². The molecule has 0 radical (unpaired) electrons. The van der Waals surface area contributed by atoms with Crippen molar-refractivity contribution in [3.63, 3.8) is 0 Å². The van der Waals surface area contributed by atoms with E-state index in [0.717, 1.165) is 0 Å². The normalized spacial score (nSPS) is 10.4. The van der Waals surface area contributed by atoms with Gasteiger partial charge in [-0.1, -0.05) is 12.1 Å². The van der Waals surface area contributed by atoms with Crippen LogP contribution in [0.3, 0.4) is 0 Å². The quantitative estimate of drug-likeness (QED) is 0.904. The number of carboxylic acids is 1. The van der Waals surface area contributed by atoms with Crippen LogP contribution in [0.25, 0.3) is 0 Å². The van der Waals surface area contributed by atoms with Gasteiger partial charge in [-0.25, -0.2) is 4.79 Å². The zero-order valence-corrected chi connectivity index (χ0v) is 12.2. The van der Waals surface area contributed by atoms with E-state index >= 15 is 0 Å². The number of carbonyl (C=O) groups is 2. The molecular formula is C15H17N3O3. The minimum Gasteiger partial charge on any atom is -0.478 e. The van der Waals surface area contributed by atoms with E-state index in [2.05, 4.69) is 10.4 Å². The van der Waals surface area contributed by atoms with Gasteiger partial charge in [0.2, 0.25) is 0 Å². The van der Waals surface area contributed by atoms with Crippen molar-refractivity contribution in [2.24, 2.45) is 0 Å².